The van der Waals surface area contributed by atoms with Gasteiger partial charge in [-0.15, -0.1) is 0 Å². The summed E-state index contributed by atoms with van der Waals surface area (Å²) in [5, 5.41) is 3.28. The normalized spacial score (nSPS) is 21.2. The van der Waals surface area contributed by atoms with Crippen LogP contribution < -0.4 is 10.2 Å². The molecule has 0 atom stereocenters. The predicted octanol–water partition coefficient (Wildman–Crippen LogP) is 5.41. The molecule has 1 amide bonds. The first-order chi connectivity index (χ1) is 16.7. The number of carbonyl (C=O) groups excluding carboxylic acids is 1. The molecule has 0 radical (unpaired) electrons. The molecule has 1 saturated carbocycles. The fourth-order valence-corrected chi connectivity index (χ4v) is 4.98. The van der Waals surface area contributed by atoms with Crippen LogP contribution in [0.15, 0.2) is 42.5 Å². The zero-order valence-corrected chi connectivity index (χ0v) is 20.4. The van der Waals surface area contributed by atoms with E-state index in [-0.39, 0.29) is 30.2 Å². The molecule has 8 heteroatoms. The fourth-order valence-electron chi connectivity index (χ4n) is 4.98. The molecule has 35 heavy (non-hydrogen) atoms. The zero-order valence-electron chi connectivity index (χ0n) is 20.4. The fraction of sp³-hybridized carbons (Fsp3) is 0.519. The number of piperazine rings is 1. The summed E-state index contributed by atoms with van der Waals surface area (Å²) in [6.45, 7) is 6.28. The Morgan fingerprint density at radius 1 is 1.00 bits per heavy atom. The van der Waals surface area contributed by atoms with Gasteiger partial charge in [-0.2, -0.15) is 13.2 Å². The molecule has 2 aliphatic rings. The monoisotopic (exact) mass is 489 g/mol. The van der Waals surface area contributed by atoms with E-state index >= 15 is 0 Å². The molecule has 2 aromatic carbocycles. The van der Waals surface area contributed by atoms with Crippen LogP contribution in [0.4, 0.5) is 24.5 Å². The van der Waals surface area contributed by atoms with Gasteiger partial charge in [0.15, 0.2) is 0 Å². The lowest BCUT2D eigenvalue weighted by Gasteiger charge is -2.36. The second-order valence-electron chi connectivity index (χ2n) is 9.60. The van der Waals surface area contributed by atoms with Gasteiger partial charge in [0.25, 0.3) is 0 Å². The number of carbonyl (C=O) groups is 1. The van der Waals surface area contributed by atoms with Crippen LogP contribution in [0.5, 0.6) is 0 Å². The minimum absolute atomic E-state index is 0.00750. The van der Waals surface area contributed by atoms with Crippen LogP contribution in [0, 0.1) is 13.8 Å². The third-order valence-electron chi connectivity index (χ3n) is 7.21. The summed E-state index contributed by atoms with van der Waals surface area (Å²) in [7, 11) is 0. The Bertz CT molecular complexity index is 997. The number of ether oxygens (including phenoxy) is 1. The van der Waals surface area contributed by atoms with Crippen molar-refractivity contribution in [3.8, 4) is 0 Å². The molecule has 0 unspecified atom stereocenters. The van der Waals surface area contributed by atoms with E-state index in [2.05, 4.69) is 22.3 Å². The molecule has 1 N–H and O–H groups in total. The molecule has 1 aliphatic heterocycles. The number of para-hydroxylation sites is 1. The summed E-state index contributed by atoms with van der Waals surface area (Å²) in [6, 6.07) is 13.3. The molecule has 190 valence electrons. The average molecular weight is 490 g/mol. The Kier molecular flexibility index (Phi) is 7.89. The number of benzene rings is 2. The van der Waals surface area contributed by atoms with Gasteiger partial charge in [0.1, 0.15) is 6.61 Å². The molecule has 2 fully saturated rings. The van der Waals surface area contributed by atoms with Crippen molar-refractivity contribution in [1.82, 2.24) is 4.90 Å². The summed E-state index contributed by atoms with van der Waals surface area (Å²) < 4.78 is 46.0. The number of amides is 1. The topological polar surface area (TPSA) is 44.8 Å². The van der Waals surface area contributed by atoms with E-state index in [9.17, 15) is 18.0 Å². The molecule has 1 aliphatic carbocycles. The standard InChI is InChI=1S/C27H34F3N3O2/c1-19-16-22(17-25(20(19)2)27(28,29)30)31-21-8-10-24(11-9-21)35-18-26(34)33-14-12-32(13-15-33)23-6-4-3-5-7-23/h3-7,16-17,21,24,31H,8-15,18H2,1-2H3. The second-order valence-corrected chi connectivity index (χ2v) is 9.60. The van der Waals surface area contributed by atoms with Gasteiger partial charge in [0.2, 0.25) is 5.91 Å². The first-order valence-corrected chi connectivity index (χ1v) is 12.3. The van der Waals surface area contributed by atoms with Crippen LogP contribution in [0.3, 0.4) is 0 Å². The van der Waals surface area contributed by atoms with E-state index in [0.717, 1.165) is 38.8 Å². The number of nitrogens with zero attached hydrogens (tertiary/aromatic N) is 2. The largest absolute Gasteiger partial charge is 0.416 e. The van der Waals surface area contributed by atoms with E-state index in [1.165, 1.54) is 18.7 Å². The van der Waals surface area contributed by atoms with Gasteiger partial charge in [0, 0.05) is 43.6 Å². The summed E-state index contributed by atoms with van der Waals surface area (Å²) in [6.07, 6.45) is -1.20. The quantitative estimate of drug-likeness (QED) is 0.589. The molecular formula is C27H34F3N3O2. The van der Waals surface area contributed by atoms with Crippen molar-refractivity contribution in [3.05, 3.63) is 59.2 Å². The van der Waals surface area contributed by atoms with Crippen LogP contribution in [0.2, 0.25) is 0 Å². The van der Waals surface area contributed by atoms with Gasteiger partial charge in [-0.3, -0.25) is 4.79 Å². The van der Waals surface area contributed by atoms with Crippen LogP contribution in [0.25, 0.3) is 0 Å². The first kappa shape index (κ1) is 25.4. The van der Waals surface area contributed by atoms with E-state index < -0.39 is 11.7 Å². The Morgan fingerprint density at radius 2 is 1.66 bits per heavy atom. The maximum absolute atomic E-state index is 13.3. The number of hydrogen-bond acceptors (Lipinski definition) is 4. The van der Waals surface area contributed by atoms with Gasteiger partial charge in [0.05, 0.1) is 11.7 Å². The molecule has 4 rings (SSSR count). The van der Waals surface area contributed by atoms with Crippen LogP contribution in [-0.4, -0.2) is 55.7 Å². The zero-order chi connectivity index (χ0) is 25.0. The molecule has 0 spiro atoms. The van der Waals surface area contributed by atoms with Crippen molar-refractivity contribution >= 4 is 17.3 Å². The van der Waals surface area contributed by atoms with Crippen LogP contribution in [-0.2, 0) is 15.7 Å². The lowest BCUT2D eigenvalue weighted by atomic mass is 9.92. The highest BCUT2D eigenvalue weighted by Crippen LogP contribution is 2.36. The molecule has 0 aromatic heterocycles. The Balaban J connectivity index is 1.20. The first-order valence-electron chi connectivity index (χ1n) is 12.3. The van der Waals surface area contributed by atoms with E-state index in [4.69, 9.17) is 4.74 Å². The van der Waals surface area contributed by atoms with Gasteiger partial charge in [-0.1, -0.05) is 18.2 Å². The van der Waals surface area contributed by atoms with Crippen LogP contribution >= 0.6 is 0 Å². The van der Waals surface area contributed by atoms with Gasteiger partial charge in [-0.25, -0.2) is 0 Å². The third-order valence-corrected chi connectivity index (χ3v) is 7.21. The summed E-state index contributed by atoms with van der Waals surface area (Å²) >= 11 is 0. The van der Waals surface area contributed by atoms with Crippen molar-refractivity contribution in [2.45, 2.75) is 57.9 Å². The molecule has 2 aromatic rings. The number of halogens is 3. The maximum atomic E-state index is 13.3. The third kappa shape index (κ3) is 6.48. The smallest absolute Gasteiger partial charge is 0.382 e. The van der Waals surface area contributed by atoms with Crippen molar-refractivity contribution in [2.24, 2.45) is 0 Å². The van der Waals surface area contributed by atoms with Crippen molar-refractivity contribution < 1.29 is 22.7 Å². The Hall–Kier alpha value is -2.74. The van der Waals surface area contributed by atoms with Crippen molar-refractivity contribution in [1.29, 1.82) is 0 Å². The average Bonchev–Trinajstić information content (AvgIpc) is 2.85. The van der Waals surface area contributed by atoms with Crippen molar-refractivity contribution in [3.63, 3.8) is 0 Å². The predicted molar refractivity (Wildman–Crippen MR) is 132 cm³/mol. The van der Waals surface area contributed by atoms with Crippen molar-refractivity contribution in [2.75, 3.05) is 43.0 Å². The highest BCUT2D eigenvalue weighted by Gasteiger charge is 2.33. The minimum atomic E-state index is -4.36. The van der Waals surface area contributed by atoms with Gasteiger partial charge < -0.3 is 19.9 Å². The molecule has 5 nitrogen and oxygen atoms in total. The summed E-state index contributed by atoms with van der Waals surface area (Å²) in [4.78, 5) is 16.8. The SMILES string of the molecule is Cc1cc(NC2CCC(OCC(=O)N3CCN(c4ccccc4)CC3)CC2)cc(C(F)(F)F)c1C. The lowest BCUT2D eigenvalue weighted by molar-refractivity contribution is -0.139. The van der Waals surface area contributed by atoms with Gasteiger partial charge >= 0.3 is 6.18 Å². The summed E-state index contributed by atoms with van der Waals surface area (Å²) in [5.41, 5.74) is 2.00. The Morgan fingerprint density at radius 3 is 2.29 bits per heavy atom. The highest BCUT2D eigenvalue weighted by molar-refractivity contribution is 5.77. The molecular weight excluding hydrogens is 455 g/mol. The Labute approximate surface area is 205 Å². The number of hydrogen-bond donors (Lipinski definition) is 1. The molecule has 0 bridgehead atoms. The number of alkyl halides is 3. The van der Waals surface area contributed by atoms with E-state index in [0.29, 0.717) is 24.3 Å². The summed E-state index contributed by atoms with van der Waals surface area (Å²) in [5.74, 6) is 0.0211. The number of aryl methyl sites for hydroxylation is 1. The molecule has 1 saturated heterocycles. The number of nitrogens with one attached hydrogen (secondary N) is 1. The highest BCUT2D eigenvalue weighted by atomic mass is 19.4. The van der Waals surface area contributed by atoms with Gasteiger partial charge in [-0.05, 0) is 74.9 Å². The number of rotatable bonds is 6. The number of anilines is 2. The van der Waals surface area contributed by atoms with E-state index in [1.54, 1.807) is 13.0 Å². The maximum Gasteiger partial charge on any atom is 0.416 e. The van der Waals surface area contributed by atoms with E-state index in [1.807, 2.05) is 23.1 Å². The van der Waals surface area contributed by atoms with Crippen LogP contribution in [0.1, 0.15) is 42.4 Å². The lowest BCUT2D eigenvalue weighted by Crippen LogP contribution is -2.50. The minimum Gasteiger partial charge on any atom is -0.382 e. The molecule has 1 heterocycles. The second kappa shape index (κ2) is 10.9.